The molecule has 0 spiro atoms. The molecule has 0 N–H and O–H groups in total. The molecule has 0 aromatic heterocycles. The summed E-state index contributed by atoms with van der Waals surface area (Å²) in [6.45, 7) is 0.295. The zero-order chi connectivity index (χ0) is 8.27. The van der Waals surface area contributed by atoms with Crippen LogP contribution in [-0.4, -0.2) is 28.7 Å². The van der Waals surface area contributed by atoms with Gasteiger partial charge in [0.15, 0.2) is 0 Å². The Balaban J connectivity index is 2.85. The van der Waals surface area contributed by atoms with Crippen molar-refractivity contribution in [3.63, 3.8) is 0 Å². The fourth-order valence-corrected chi connectivity index (χ4v) is 1.06. The average molecular weight is 212 g/mol. The van der Waals surface area contributed by atoms with Crippen molar-refractivity contribution in [2.45, 2.75) is 0 Å². The van der Waals surface area contributed by atoms with Crippen LogP contribution in [0, 0.1) is 0 Å². The number of hydrogen-bond donors (Lipinski definition) is 0. The third kappa shape index (κ3) is 2.77. The number of hydrogen-bond acceptors (Lipinski definition) is 3. The summed E-state index contributed by atoms with van der Waals surface area (Å²) in [5, 5.41) is 0.394. The highest BCUT2D eigenvalue weighted by molar-refractivity contribution is 6.72. The van der Waals surface area contributed by atoms with Gasteiger partial charge in [0.1, 0.15) is 11.0 Å². The molecule has 0 aromatic rings. The van der Waals surface area contributed by atoms with E-state index in [1.165, 1.54) is 0 Å². The maximum absolute atomic E-state index is 5.57. The molecule has 11 heavy (non-hydrogen) atoms. The first-order valence-corrected chi connectivity index (χ1v) is 4.08. The lowest BCUT2D eigenvalue weighted by molar-refractivity contribution is 1.30. The van der Waals surface area contributed by atoms with Gasteiger partial charge >= 0.3 is 0 Å². The predicted octanol–water partition coefficient (Wildman–Crippen LogP) is 1.87. The normalized spacial score (nSPS) is 18.3. The van der Waals surface area contributed by atoms with E-state index < -0.39 is 0 Å². The summed E-state index contributed by atoms with van der Waals surface area (Å²) in [5.41, 5.74) is 0. The first-order chi connectivity index (χ1) is 5.22. The van der Waals surface area contributed by atoms with Crippen LogP contribution >= 0.6 is 34.8 Å². The Morgan fingerprint density at radius 2 is 2.00 bits per heavy atom. The highest BCUT2D eigenvalue weighted by Crippen LogP contribution is 2.01. The third-order valence-corrected chi connectivity index (χ3v) is 1.56. The van der Waals surface area contributed by atoms with E-state index in [-0.39, 0.29) is 11.2 Å². The Labute approximate surface area is 78.8 Å². The number of alkyl halides is 1. The van der Waals surface area contributed by atoms with Gasteiger partial charge in [0.2, 0.25) is 5.29 Å². The molecular weight excluding hydrogens is 208 g/mol. The fourth-order valence-electron chi connectivity index (χ4n) is 0.531. The third-order valence-electron chi connectivity index (χ3n) is 0.946. The summed E-state index contributed by atoms with van der Waals surface area (Å²) in [7, 11) is 0. The molecule has 0 atom stereocenters. The molecule has 60 valence electrons. The molecule has 0 aromatic carbocycles. The number of aliphatic imine (C=N–C) groups is 3. The second-order valence-corrected chi connectivity index (χ2v) is 2.78. The Kier molecular flexibility index (Phi) is 3.30. The minimum Gasteiger partial charge on any atom is -0.262 e. The van der Waals surface area contributed by atoms with Gasteiger partial charge in [-0.15, -0.1) is 11.6 Å². The minimum absolute atomic E-state index is 0.0758. The molecule has 3 nitrogen and oxygen atoms in total. The topological polar surface area (TPSA) is 37.1 Å². The van der Waals surface area contributed by atoms with Crippen molar-refractivity contribution < 1.29 is 0 Å². The van der Waals surface area contributed by atoms with Crippen LogP contribution in [0.25, 0.3) is 0 Å². The van der Waals surface area contributed by atoms with Gasteiger partial charge in [-0.05, 0) is 11.6 Å². The van der Waals surface area contributed by atoms with Gasteiger partial charge in [-0.3, -0.25) is 4.99 Å². The van der Waals surface area contributed by atoms with Crippen LogP contribution in [0.4, 0.5) is 0 Å². The average Bonchev–Trinajstić information content (AvgIpc) is 2.11. The van der Waals surface area contributed by atoms with Crippen LogP contribution in [0.2, 0.25) is 0 Å². The Hall–Kier alpha value is -0.120. The maximum Gasteiger partial charge on any atom is 0.225 e. The molecule has 6 heteroatoms. The van der Waals surface area contributed by atoms with E-state index in [0.717, 1.165) is 0 Å². The Morgan fingerprint density at radius 1 is 1.27 bits per heavy atom. The Morgan fingerprint density at radius 3 is 2.64 bits per heavy atom. The molecule has 0 saturated heterocycles. The summed E-state index contributed by atoms with van der Waals surface area (Å²) in [6, 6.07) is 0. The van der Waals surface area contributed by atoms with Crippen molar-refractivity contribution in [2.75, 3.05) is 12.4 Å². The predicted molar refractivity (Wildman–Crippen MR) is 49.6 cm³/mol. The zero-order valence-corrected chi connectivity index (χ0v) is 7.66. The van der Waals surface area contributed by atoms with E-state index in [9.17, 15) is 0 Å². The molecule has 0 unspecified atom stereocenters. The first-order valence-electron chi connectivity index (χ1n) is 2.79. The Bertz CT molecular complexity index is 243. The van der Waals surface area contributed by atoms with Gasteiger partial charge in [-0.25, -0.2) is 9.98 Å². The number of amidine groups is 2. The van der Waals surface area contributed by atoms with Crippen molar-refractivity contribution in [1.82, 2.24) is 0 Å². The summed E-state index contributed by atoms with van der Waals surface area (Å²) in [5.74, 6) is 0.673. The second kappa shape index (κ2) is 4.04. The molecule has 1 heterocycles. The molecule has 1 rings (SSSR count). The van der Waals surface area contributed by atoms with Gasteiger partial charge < -0.3 is 0 Å². The lowest BCUT2D eigenvalue weighted by Crippen LogP contribution is -1.98. The molecule has 1 aliphatic heterocycles. The van der Waals surface area contributed by atoms with Crippen molar-refractivity contribution in [1.29, 1.82) is 0 Å². The number of halogens is 3. The van der Waals surface area contributed by atoms with E-state index >= 15 is 0 Å². The van der Waals surface area contributed by atoms with Crippen LogP contribution in [0.3, 0.4) is 0 Å². The lowest BCUT2D eigenvalue weighted by Gasteiger charge is -1.89. The van der Waals surface area contributed by atoms with E-state index in [4.69, 9.17) is 34.8 Å². The monoisotopic (exact) mass is 211 g/mol. The largest absolute Gasteiger partial charge is 0.262 e. The standard InChI is InChI=1S/C5H4Cl3N3/c6-1-4-9-2-3(7)10-5(8)11-4/h1-2H2. The van der Waals surface area contributed by atoms with E-state index in [1.54, 1.807) is 0 Å². The molecule has 0 saturated carbocycles. The van der Waals surface area contributed by atoms with Crippen LogP contribution < -0.4 is 0 Å². The van der Waals surface area contributed by atoms with Crippen molar-refractivity contribution in [3.05, 3.63) is 0 Å². The quantitative estimate of drug-likeness (QED) is 0.470. The molecule has 0 radical (unpaired) electrons. The highest BCUT2D eigenvalue weighted by Gasteiger charge is 2.04. The molecule has 0 fully saturated rings. The zero-order valence-electron chi connectivity index (χ0n) is 5.39. The van der Waals surface area contributed by atoms with Gasteiger partial charge in [0.25, 0.3) is 0 Å². The van der Waals surface area contributed by atoms with Crippen LogP contribution in [-0.2, 0) is 0 Å². The van der Waals surface area contributed by atoms with Crippen molar-refractivity contribution >= 4 is 51.1 Å². The molecular formula is C5H4Cl3N3. The highest BCUT2D eigenvalue weighted by atomic mass is 35.5. The summed E-state index contributed by atoms with van der Waals surface area (Å²) >= 11 is 16.6. The van der Waals surface area contributed by atoms with Gasteiger partial charge in [-0.2, -0.15) is 0 Å². The van der Waals surface area contributed by atoms with Gasteiger partial charge in [0.05, 0.1) is 12.4 Å². The van der Waals surface area contributed by atoms with E-state index in [0.29, 0.717) is 17.6 Å². The van der Waals surface area contributed by atoms with Gasteiger partial charge in [0, 0.05) is 0 Å². The lowest BCUT2D eigenvalue weighted by atomic mass is 10.6. The molecule has 0 aliphatic carbocycles. The van der Waals surface area contributed by atoms with Gasteiger partial charge in [-0.1, -0.05) is 11.6 Å². The van der Waals surface area contributed by atoms with E-state index in [1.807, 2.05) is 0 Å². The second-order valence-electron chi connectivity index (χ2n) is 1.73. The number of rotatable bonds is 1. The van der Waals surface area contributed by atoms with Crippen molar-refractivity contribution in [3.8, 4) is 0 Å². The van der Waals surface area contributed by atoms with Crippen LogP contribution in [0.15, 0.2) is 15.0 Å². The summed E-state index contributed by atoms with van der Waals surface area (Å²) in [4.78, 5) is 11.4. The SMILES string of the molecule is ClCC1=NCC(Cl)=NC(Cl)=N1. The molecule has 1 aliphatic rings. The number of nitrogens with zero attached hydrogens (tertiary/aromatic N) is 3. The summed E-state index contributed by atoms with van der Waals surface area (Å²) < 4.78 is 0. The first kappa shape index (κ1) is 8.97. The van der Waals surface area contributed by atoms with Crippen LogP contribution in [0.1, 0.15) is 0 Å². The molecule has 0 amide bonds. The smallest absolute Gasteiger partial charge is 0.225 e. The fraction of sp³-hybridized carbons (Fsp3) is 0.400. The van der Waals surface area contributed by atoms with Crippen molar-refractivity contribution in [2.24, 2.45) is 15.0 Å². The summed E-state index contributed by atoms with van der Waals surface area (Å²) in [6.07, 6.45) is 0. The van der Waals surface area contributed by atoms with Crippen LogP contribution in [0.5, 0.6) is 0 Å². The molecule has 0 bridgehead atoms. The maximum atomic E-state index is 5.57. The van der Waals surface area contributed by atoms with E-state index in [2.05, 4.69) is 15.0 Å². The minimum atomic E-state index is 0.0758.